The van der Waals surface area contributed by atoms with Crippen LogP contribution in [-0.2, 0) is 11.3 Å². The lowest BCUT2D eigenvalue weighted by molar-refractivity contribution is 0.0546. The van der Waals surface area contributed by atoms with Gasteiger partial charge in [-0.2, -0.15) is 0 Å². The Morgan fingerprint density at radius 3 is 2.36 bits per heavy atom. The van der Waals surface area contributed by atoms with Crippen molar-refractivity contribution in [1.29, 1.82) is 0 Å². The lowest BCUT2D eigenvalue weighted by Gasteiger charge is -2.20. The summed E-state index contributed by atoms with van der Waals surface area (Å²) < 4.78 is 12.5. The highest BCUT2D eigenvalue weighted by atomic mass is 16.6. The van der Waals surface area contributed by atoms with E-state index in [0.29, 0.717) is 23.4 Å². The van der Waals surface area contributed by atoms with E-state index in [2.05, 4.69) is 5.32 Å². The first-order valence-corrected chi connectivity index (χ1v) is 10.7. The third-order valence-electron chi connectivity index (χ3n) is 5.06. The highest BCUT2D eigenvalue weighted by Gasteiger charge is 2.24. The van der Waals surface area contributed by atoms with Gasteiger partial charge in [-0.25, -0.2) is 14.3 Å². The number of carbonyl (C=O) groups is 1. The zero-order valence-corrected chi connectivity index (χ0v) is 19.3. The maximum Gasteiger partial charge on any atom is 0.420 e. The lowest BCUT2D eigenvalue weighted by atomic mass is 10.2. The Kier molecular flexibility index (Phi) is 5.96. The second-order valence-corrected chi connectivity index (χ2v) is 8.78. The number of nitrogens with zero attached hydrogens (tertiary/aromatic N) is 2. The summed E-state index contributed by atoms with van der Waals surface area (Å²) in [5, 5.41) is 3.40. The van der Waals surface area contributed by atoms with Crippen molar-refractivity contribution in [3.63, 3.8) is 0 Å². The minimum atomic E-state index is -0.634. The van der Waals surface area contributed by atoms with Crippen molar-refractivity contribution >= 4 is 28.5 Å². The van der Waals surface area contributed by atoms with Gasteiger partial charge in [0, 0.05) is 23.5 Å². The highest BCUT2D eigenvalue weighted by Crippen LogP contribution is 2.29. The monoisotopic (exact) mass is 444 g/mol. The van der Waals surface area contributed by atoms with Crippen molar-refractivity contribution in [2.75, 3.05) is 18.2 Å². The largest absolute Gasteiger partial charge is 0.497 e. The zero-order valence-electron chi connectivity index (χ0n) is 19.3. The van der Waals surface area contributed by atoms with Crippen LogP contribution in [0.2, 0.25) is 0 Å². The van der Waals surface area contributed by atoms with Crippen LogP contribution in [0.5, 0.6) is 5.75 Å². The molecule has 7 heteroatoms. The van der Waals surface area contributed by atoms with Crippen LogP contribution in [-0.4, -0.2) is 28.4 Å². The number of rotatable bonds is 5. The second-order valence-electron chi connectivity index (χ2n) is 8.78. The van der Waals surface area contributed by atoms with Gasteiger partial charge in [0.25, 0.3) is 0 Å². The van der Waals surface area contributed by atoms with Crippen molar-refractivity contribution in [3.05, 3.63) is 72.3 Å². The summed E-state index contributed by atoms with van der Waals surface area (Å²) in [6.07, 6.45) is -0.474. The summed E-state index contributed by atoms with van der Waals surface area (Å²) in [4.78, 5) is 17.9. The van der Waals surface area contributed by atoms with E-state index < -0.39 is 11.7 Å². The number of nitrogens with two attached hydrogens (primary N) is 1. The molecule has 0 saturated carbocycles. The van der Waals surface area contributed by atoms with E-state index in [1.807, 2.05) is 87.5 Å². The van der Waals surface area contributed by atoms with Gasteiger partial charge in [-0.05, 0) is 80.9 Å². The smallest absolute Gasteiger partial charge is 0.420 e. The quantitative estimate of drug-likeness (QED) is 0.384. The summed E-state index contributed by atoms with van der Waals surface area (Å²) in [6, 6.07) is 20.9. The standard InChI is InChI=1S/C26H28N4O3/c1-26(2,3)33-25(31)30-23-14-11-20(28-16-17-5-9-19(27)10-6-17)15-22(23)29-24(30)18-7-12-21(32-4)13-8-18/h5-15,28H,16,27H2,1-4H3. The molecule has 0 atom stereocenters. The fraction of sp³-hybridized carbons (Fsp3) is 0.231. The number of fused-ring (bicyclic) bond motifs is 1. The first-order valence-electron chi connectivity index (χ1n) is 10.7. The lowest BCUT2D eigenvalue weighted by Crippen LogP contribution is -2.27. The predicted molar refractivity (Wildman–Crippen MR) is 132 cm³/mol. The minimum absolute atomic E-state index is 0.474. The van der Waals surface area contributed by atoms with Gasteiger partial charge >= 0.3 is 6.09 Å². The van der Waals surface area contributed by atoms with Gasteiger partial charge in [0.15, 0.2) is 5.82 Å². The molecule has 0 amide bonds. The number of nitrogen functional groups attached to an aromatic ring is 1. The zero-order chi connectivity index (χ0) is 23.6. The Morgan fingerprint density at radius 1 is 1.03 bits per heavy atom. The first-order chi connectivity index (χ1) is 15.7. The summed E-state index contributed by atoms with van der Waals surface area (Å²) >= 11 is 0. The molecular weight excluding hydrogens is 416 g/mol. The summed E-state index contributed by atoms with van der Waals surface area (Å²) in [6.45, 7) is 6.17. The van der Waals surface area contributed by atoms with Crippen molar-refractivity contribution in [1.82, 2.24) is 9.55 Å². The molecule has 4 rings (SSSR count). The molecule has 33 heavy (non-hydrogen) atoms. The van der Waals surface area contributed by atoms with Crippen LogP contribution in [0.3, 0.4) is 0 Å². The number of methoxy groups -OCH3 is 1. The van der Waals surface area contributed by atoms with Gasteiger partial charge < -0.3 is 20.5 Å². The van der Waals surface area contributed by atoms with Gasteiger partial charge in [-0.15, -0.1) is 0 Å². The Morgan fingerprint density at radius 2 is 1.73 bits per heavy atom. The predicted octanol–water partition coefficient (Wildman–Crippen LogP) is 5.69. The maximum absolute atomic E-state index is 13.1. The van der Waals surface area contributed by atoms with Gasteiger partial charge in [-0.1, -0.05) is 12.1 Å². The molecule has 0 unspecified atom stereocenters. The molecule has 0 aliphatic carbocycles. The van der Waals surface area contributed by atoms with Crippen molar-refractivity contribution in [2.24, 2.45) is 0 Å². The maximum atomic E-state index is 13.1. The van der Waals surface area contributed by atoms with Crippen LogP contribution < -0.4 is 15.8 Å². The number of ether oxygens (including phenoxy) is 2. The van der Waals surface area contributed by atoms with Crippen LogP contribution in [0.1, 0.15) is 26.3 Å². The molecular formula is C26H28N4O3. The third kappa shape index (κ3) is 5.09. The summed E-state index contributed by atoms with van der Waals surface area (Å²) in [5.74, 6) is 1.24. The first kappa shape index (κ1) is 22.2. The molecule has 3 N–H and O–H groups in total. The van der Waals surface area contributed by atoms with E-state index in [9.17, 15) is 4.79 Å². The van der Waals surface area contributed by atoms with E-state index in [1.54, 1.807) is 7.11 Å². The van der Waals surface area contributed by atoms with E-state index >= 15 is 0 Å². The molecule has 0 aliphatic heterocycles. The van der Waals surface area contributed by atoms with E-state index in [-0.39, 0.29) is 0 Å². The highest BCUT2D eigenvalue weighted by molar-refractivity contribution is 5.93. The molecule has 3 aromatic carbocycles. The van der Waals surface area contributed by atoms with E-state index in [4.69, 9.17) is 20.2 Å². The summed E-state index contributed by atoms with van der Waals surface area (Å²) in [5.41, 5.74) is 10.0. The van der Waals surface area contributed by atoms with E-state index in [0.717, 1.165) is 28.3 Å². The van der Waals surface area contributed by atoms with Gasteiger partial charge in [-0.3, -0.25) is 0 Å². The van der Waals surface area contributed by atoms with Gasteiger partial charge in [0.05, 0.1) is 18.1 Å². The molecule has 0 bridgehead atoms. The Bertz CT molecular complexity index is 1270. The fourth-order valence-corrected chi connectivity index (χ4v) is 3.46. The van der Waals surface area contributed by atoms with Gasteiger partial charge in [0.1, 0.15) is 11.4 Å². The molecule has 7 nitrogen and oxygen atoms in total. The molecule has 0 saturated heterocycles. The van der Waals surface area contributed by atoms with Crippen LogP contribution in [0.25, 0.3) is 22.4 Å². The Balaban J connectivity index is 1.71. The molecule has 0 aliphatic rings. The number of anilines is 2. The van der Waals surface area contributed by atoms with Gasteiger partial charge in [0.2, 0.25) is 0 Å². The molecule has 0 radical (unpaired) electrons. The number of aromatic nitrogens is 2. The average Bonchev–Trinajstić information content (AvgIpc) is 3.16. The van der Waals surface area contributed by atoms with Crippen molar-refractivity contribution in [3.8, 4) is 17.1 Å². The molecule has 0 fully saturated rings. The van der Waals surface area contributed by atoms with Crippen molar-refractivity contribution < 1.29 is 14.3 Å². The van der Waals surface area contributed by atoms with Crippen LogP contribution in [0.4, 0.5) is 16.2 Å². The SMILES string of the molecule is COc1ccc(-c2nc3cc(NCc4ccc(N)cc4)ccc3n2C(=O)OC(C)(C)C)cc1. The van der Waals surface area contributed by atoms with E-state index in [1.165, 1.54) is 4.57 Å². The molecule has 1 heterocycles. The van der Waals surface area contributed by atoms with Crippen LogP contribution in [0, 0.1) is 0 Å². The Labute approximate surface area is 193 Å². The number of benzene rings is 3. The minimum Gasteiger partial charge on any atom is -0.497 e. The third-order valence-corrected chi connectivity index (χ3v) is 5.06. The number of carbonyl (C=O) groups excluding carboxylic acids is 1. The Hall–Kier alpha value is -4.00. The molecule has 1 aromatic heterocycles. The number of hydrogen-bond donors (Lipinski definition) is 2. The number of hydrogen-bond acceptors (Lipinski definition) is 6. The normalized spacial score (nSPS) is 11.4. The second kappa shape index (κ2) is 8.86. The van der Waals surface area contributed by atoms with Crippen LogP contribution in [0.15, 0.2) is 66.7 Å². The number of imidazole rings is 1. The number of nitrogens with one attached hydrogen (secondary N) is 1. The fourth-order valence-electron chi connectivity index (χ4n) is 3.46. The topological polar surface area (TPSA) is 91.4 Å². The molecule has 4 aromatic rings. The van der Waals surface area contributed by atoms with Crippen LogP contribution >= 0.6 is 0 Å². The van der Waals surface area contributed by atoms with Crippen molar-refractivity contribution in [2.45, 2.75) is 32.9 Å². The molecule has 170 valence electrons. The summed E-state index contributed by atoms with van der Waals surface area (Å²) in [7, 11) is 1.61. The average molecular weight is 445 g/mol. The molecule has 0 spiro atoms.